The summed E-state index contributed by atoms with van der Waals surface area (Å²) in [6, 6.07) is 10.6. The zero-order chi connectivity index (χ0) is 23.2. The molecule has 0 bridgehead atoms. The number of pyridine rings is 1. The molecule has 2 aromatic rings. The van der Waals surface area contributed by atoms with E-state index in [9.17, 15) is 4.79 Å². The minimum atomic E-state index is -0.120. The molecular weight excluding hydrogens is 457 g/mol. The van der Waals surface area contributed by atoms with Crippen molar-refractivity contribution in [3.63, 3.8) is 0 Å². The summed E-state index contributed by atoms with van der Waals surface area (Å²) in [5, 5.41) is 4.21. The van der Waals surface area contributed by atoms with Crippen LogP contribution in [0, 0.1) is 0 Å². The summed E-state index contributed by atoms with van der Waals surface area (Å²) in [6.07, 6.45) is 4.94. The molecule has 0 atom stereocenters. The smallest absolute Gasteiger partial charge is 0.252 e. The predicted octanol–water partition coefficient (Wildman–Crippen LogP) is 4.31. The predicted molar refractivity (Wildman–Crippen MR) is 135 cm³/mol. The fraction of sp³-hybridized carbons (Fsp3) is 0.520. The van der Waals surface area contributed by atoms with Gasteiger partial charge in [-0.15, -0.1) is 0 Å². The molecule has 0 aliphatic carbocycles. The second-order valence-corrected chi connectivity index (χ2v) is 9.79. The second-order valence-electron chi connectivity index (χ2n) is 8.94. The molecule has 1 amide bonds. The summed E-state index contributed by atoms with van der Waals surface area (Å²) in [4.78, 5) is 24.1. The highest BCUT2D eigenvalue weighted by molar-refractivity contribution is 6.33. The number of aromatic nitrogens is 1. The largest absolute Gasteiger partial charge is 0.353 e. The van der Waals surface area contributed by atoms with Crippen molar-refractivity contribution >= 4 is 34.9 Å². The third-order valence-corrected chi connectivity index (χ3v) is 7.16. The van der Waals surface area contributed by atoms with Gasteiger partial charge >= 0.3 is 0 Å². The average molecular weight is 490 g/mol. The fourth-order valence-electron chi connectivity index (χ4n) is 4.72. The highest BCUT2D eigenvalue weighted by atomic mass is 35.5. The van der Waals surface area contributed by atoms with Gasteiger partial charge in [-0.05, 0) is 56.1 Å². The van der Waals surface area contributed by atoms with Crippen molar-refractivity contribution in [3.05, 3.63) is 57.7 Å². The Bertz CT molecular complexity index is 923. The molecule has 6 nitrogen and oxygen atoms in total. The van der Waals surface area contributed by atoms with E-state index in [2.05, 4.69) is 37.1 Å². The topological polar surface area (TPSA) is 51.7 Å². The molecule has 4 rings (SSSR count). The zero-order valence-corrected chi connectivity index (χ0v) is 20.8. The number of halogens is 2. The van der Waals surface area contributed by atoms with Gasteiger partial charge in [0, 0.05) is 56.5 Å². The standard InChI is InChI=1S/C25H33Cl2N5O/c1-2-9-28-25(33)20-16-23(27)24(29-17-20)32-14-12-31(13-15-32)22-7-10-30(11-8-22)18-19-3-5-21(26)6-4-19/h3-6,16-17,22H,2,7-15,18H2,1H3,(H,28,33). The van der Waals surface area contributed by atoms with Gasteiger partial charge in [-0.1, -0.05) is 42.3 Å². The van der Waals surface area contributed by atoms with Crippen molar-refractivity contribution in [2.24, 2.45) is 0 Å². The summed E-state index contributed by atoms with van der Waals surface area (Å²) in [5.41, 5.74) is 1.84. The number of nitrogens with one attached hydrogen (secondary N) is 1. The molecule has 1 aromatic heterocycles. The van der Waals surface area contributed by atoms with E-state index in [1.807, 2.05) is 19.1 Å². The Morgan fingerprint density at radius 1 is 1.06 bits per heavy atom. The Morgan fingerprint density at radius 2 is 1.76 bits per heavy atom. The van der Waals surface area contributed by atoms with Crippen molar-refractivity contribution < 1.29 is 4.79 Å². The Hall–Kier alpha value is -1.86. The number of piperidine rings is 1. The SMILES string of the molecule is CCCNC(=O)c1cnc(N2CCN(C3CCN(Cc4ccc(Cl)cc4)CC3)CC2)c(Cl)c1. The fourth-order valence-corrected chi connectivity index (χ4v) is 5.13. The lowest BCUT2D eigenvalue weighted by Gasteiger charge is -2.43. The highest BCUT2D eigenvalue weighted by Crippen LogP contribution is 2.27. The van der Waals surface area contributed by atoms with Crippen LogP contribution in [0.1, 0.15) is 42.1 Å². The molecule has 2 saturated heterocycles. The van der Waals surface area contributed by atoms with E-state index in [0.717, 1.165) is 63.1 Å². The molecular formula is C25H33Cl2N5O. The van der Waals surface area contributed by atoms with Crippen LogP contribution >= 0.6 is 23.2 Å². The lowest BCUT2D eigenvalue weighted by molar-refractivity contribution is 0.0953. The van der Waals surface area contributed by atoms with E-state index >= 15 is 0 Å². The van der Waals surface area contributed by atoms with Crippen LogP contribution in [0.5, 0.6) is 0 Å². The van der Waals surface area contributed by atoms with E-state index in [1.165, 1.54) is 18.4 Å². The number of likely N-dealkylation sites (tertiary alicyclic amines) is 1. The minimum Gasteiger partial charge on any atom is -0.353 e. The van der Waals surface area contributed by atoms with Crippen molar-refractivity contribution in [2.45, 2.75) is 38.8 Å². The highest BCUT2D eigenvalue weighted by Gasteiger charge is 2.28. The number of hydrogen-bond acceptors (Lipinski definition) is 5. The van der Waals surface area contributed by atoms with Gasteiger partial charge in [0.05, 0.1) is 10.6 Å². The van der Waals surface area contributed by atoms with Gasteiger partial charge in [-0.25, -0.2) is 4.98 Å². The molecule has 0 unspecified atom stereocenters. The first-order valence-corrected chi connectivity index (χ1v) is 12.7. The normalized spacial score (nSPS) is 18.5. The average Bonchev–Trinajstić information content (AvgIpc) is 2.84. The summed E-state index contributed by atoms with van der Waals surface area (Å²) in [7, 11) is 0. The van der Waals surface area contributed by atoms with Crippen molar-refractivity contribution in [3.8, 4) is 0 Å². The number of nitrogens with zero attached hydrogens (tertiary/aromatic N) is 4. The molecule has 2 fully saturated rings. The third-order valence-electron chi connectivity index (χ3n) is 6.63. The molecule has 1 aromatic carbocycles. The molecule has 33 heavy (non-hydrogen) atoms. The Balaban J connectivity index is 1.24. The maximum Gasteiger partial charge on any atom is 0.252 e. The first-order valence-electron chi connectivity index (χ1n) is 11.9. The van der Waals surface area contributed by atoms with Gasteiger partial charge in [0.25, 0.3) is 5.91 Å². The molecule has 3 heterocycles. The molecule has 178 valence electrons. The number of benzene rings is 1. The van der Waals surface area contributed by atoms with E-state index in [4.69, 9.17) is 23.2 Å². The molecule has 0 radical (unpaired) electrons. The monoisotopic (exact) mass is 489 g/mol. The van der Waals surface area contributed by atoms with Crippen LogP contribution in [-0.2, 0) is 6.54 Å². The zero-order valence-electron chi connectivity index (χ0n) is 19.3. The van der Waals surface area contributed by atoms with E-state index in [0.29, 0.717) is 23.2 Å². The number of rotatable bonds is 7. The number of hydrogen-bond donors (Lipinski definition) is 1. The maximum atomic E-state index is 12.2. The molecule has 1 N–H and O–H groups in total. The molecule has 0 saturated carbocycles. The van der Waals surface area contributed by atoms with Crippen molar-refractivity contribution in [1.82, 2.24) is 20.1 Å². The van der Waals surface area contributed by atoms with Crippen molar-refractivity contribution in [2.75, 3.05) is 50.7 Å². The molecule has 2 aliphatic heterocycles. The van der Waals surface area contributed by atoms with E-state index in [1.54, 1.807) is 12.3 Å². The third kappa shape index (κ3) is 6.38. The van der Waals surface area contributed by atoms with Gasteiger partial charge in [-0.3, -0.25) is 14.6 Å². The van der Waals surface area contributed by atoms with Crippen LogP contribution in [0.4, 0.5) is 5.82 Å². The summed E-state index contributed by atoms with van der Waals surface area (Å²) < 4.78 is 0. The van der Waals surface area contributed by atoms with Crippen LogP contribution in [0.15, 0.2) is 36.5 Å². The molecule has 0 spiro atoms. The van der Waals surface area contributed by atoms with Gasteiger partial charge in [0.15, 0.2) is 0 Å². The Labute approximate surface area is 206 Å². The number of piperazine rings is 1. The summed E-state index contributed by atoms with van der Waals surface area (Å²) in [6.45, 7) is 9.76. The quantitative estimate of drug-likeness (QED) is 0.627. The van der Waals surface area contributed by atoms with Gasteiger partial charge in [-0.2, -0.15) is 0 Å². The first kappa shape index (κ1) is 24.3. The number of carbonyl (C=O) groups excluding carboxylic acids is 1. The lowest BCUT2D eigenvalue weighted by atomic mass is 10.0. The van der Waals surface area contributed by atoms with Gasteiger partial charge in [0.2, 0.25) is 0 Å². The van der Waals surface area contributed by atoms with Crippen LogP contribution in [0.25, 0.3) is 0 Å². The van der Waals surface area contributed by atoms with Crippen LogP contribution in [0.2, 0.25) is 10.0 Å². The lowest BCUT2D eigenvalue weighted by Crippen LogP contribution is -2.53. The van der Waals surface area contributed by atoms with Gasteiger partial charge < -0.3 is 10.2 Å². The van der Waals surface area contributed by atoms with Crippen LogP contribution < -0.4 is 10.2 Å². The second kappa shape index (κ2) is 11.5. The minimum absolute atomic E-state index is 0.120. The summed E-state index contributed by atoms with van der Waals surface area (Å²) >= 11 is 12.5. The Kier molecular flexibility index (Phi) is 8.47. The number of carbonyl (C=O) groups is 1. The van der Waals surface area contributed by atoms with Crippen molar-refractivity contribution in [1.29, 1.82) is 0 Å². The maximum absolute atomic E-state index is 12.2. The number of anilines is 1. The summed E-state index contributed by atoms with van der Waals surface area (Å²) in [5.74, 6) is 0.658. The Morgan fingerprint density at radius 3 is 2.39 bits per heavy atom. The molecule has 8 heteroatoms. The van der Waals surface area contributed by atoms with E-state index < -0.39 is 0 Å². The molecule has 2 aliphatic rings. The van der Waals surface area contributed by atoms with Gasteiger partial charge in [0.1, 0.15) is 5.82 Å². The van der Waals surface area contributed by atoms with E-state index in [-0.39, 0.29) is 5.91 Å². The number of amides is 1. The van der Waals surface area contributed by atoms with Crippen LogP contribution in [-0.4, -0.2) is 72.5 Å². The van der Waals surface area contributed by atoms with Crippen LogP contribution in [0.3, 0.4) is 0 Å². The first-order chi connectivity index (χ1) is 16.0.